The monoisotopic (exact) mass is 493 g/mol. The van der Waals surface area contributed by atoms with Crippen molar-refractivity contribution in [1.29, 1.82) is 0 Å². The summed E-state index contributed by atoms with van der Waals surface area (Å²) in [4.78, 5) is 24.9. The number of rotatable bonds is 9. The van der Waals surface area contributed by atoms with E-state index in [1.54, 1.807) is 6.92 Å². The maximum atomic E-state index is 12.8. The van der Waals surface area contributed by atoms with E-state index < -0.39 is 24.1 Å². The van der Waals surface area contributed by atoms with Gasteiger partial charge in [0.05, 0.1) is 18.8 Å². The molecule has 8 nitrogen and oxygen atoms in total. The summed E-state index contributed by atoms with van der Waals surface area (Å²) in [6, 6.07) is 8.60. The van der Waals surface area contributed by atoms with E-state index in [0.29, 0.717) is 17.9 Å². The lowest BCUT2D eigenvalue weighted by Crippen LogP contribution is -2.29. The van der Waals surface area contributed by atoms with Crippen LogP contribution < -0.4 is 15.2 Å². The molecule has 0 fully saturated rings. The average Bonchev–Trinajstić information content (AvgIpc) is 3.13. The van der Waals surface area contributed by atoms with E-state index in [0.717, 1.165) is 28.8 Å². The molecule has 35 heavy (non-hydrogen) atoms. The van der Waals surface area contributed by atoms with E-state index in [2.05, 4.69) is 9.84 Å². The van der Waals surface area contributed by atoms with Crippen molar-refractivity contribution in [3.8, 4) is 17.2 Å². The molecule has 1 unspecified atom stereocenters. The molecule has 0 spiro atoms. The van der Waals surface area contributed by atoms with Gasteiger partial charge in [-0.3, -0.25) is 0 Å². The smallest absolute Gasteiger partial charge is 0.478 e. The molecule has 0 aliphatic carbocycles. The van der Waals surface area contributed by atoms with Crippen LogP contribution in [-0.2, 0) is 16.1 Å². The molecule has 0 aliphatic rings. The minimum Gasteiger partial charge on any atom is -0.478 e. The van der Waals surface area contributed by atoms with Gasteiger partial charge in [0, 0.05) is 0 Å². The van der Waals surface area contributed by atoms with Gasteiger partial charge in [-0.25, -0.2) is 18.8 Å². The first-order valence-electron chi connectivity index (χ1n) is 11.0. The fourth-order valence-electron chi connectivity index (χ4n) is 3.60. The zero-order chi connectivity index (χ0) is 25.8. The topological polar surface area (TPSA) is 84.6 Å². The first-order valence-corrected chi connectivity index (χ1v) is 11.0. The van der Waals surface area contributed by atoms with E-state index >= 15 is 0 Å². The molecular weight excluding hydrogens is 467 g/mol. The largest absolute Gasteiger partial charge is 0.573 e. The van der Waals surface area contributed by atoms with Gasteiger partial charge in [0.2, 0.25) is 0 Å². The molecule has 188 valence electrons. The molecule has 0 bridgehead atoms. The lowest BCUT2D eigenvalue weighted by Gasteiger charge is -2.20. The summed E-state index contributed by atoms with van der Waals surface area (Å²) in [5, 5.41) is 4.12. The highest BCUT2D eigenvalue weighted by atomic mass is 19.4. The van der Waals surface area contributed by atoms with Gasteiger partial charge in [0.15, 0.2) is 6.10 Å². The van der Waals surface area contributed by atoms with E-state index in [1.165, 1.54) is 27.7 Å². The van der Waals surface area contributed by atoms with Crippen LogP contribution in [-0.4, -0.2) is 39.4 Å². The molecule has 1 aromatic heterocycles. The van der Waals surface area contributed by atoms with Crippen molar-refractivity contribution >= 4 is 5.97 Å². The quantitative estimate of drug-likeness (QED) is 0.413. The highest BCUT2D eigenvalue weighted by Crippen LogP contribution is 2.27. The highest BCUT2D eigenvalue weighted by Gasteiger charge is 2.31. The fourth-order valence-corrected chi connectivity index (χ4v) is 3.60. The van der Waals surface area contributed by atoms with Crippen LogP contribution >= 0.6 is 0 Å². The second-order valence-corrected chi connectivity index (χ2v) is 7.81. The number of ether oxygens (including phenoxy) is 3. The summed E-state index contributed by atoms with van der Waals surface area (Å²) in [5.41, 5.74) is 2.25. The second-order valence-electron chi connectivity index (χ2n) is 7.81. The molecule has 1 heterocycles. The third kappa shape index (κ3) is 6.43. The van der Waals surface area contributed by atoms with Gasteiger partial charge in [0.25, 0.3) is 0 Å². The summed E-state index contributed by atoms with van der Waals surface area (Å²) < 4.78 is 54.3. The molecular formula is C24H26F3N3O5. The van der Waals surface area contributed by atoms with Crippen molar-refractivity contribution in [2.45, 2.75) is 53.1 Å². The number of nitrogens with zero attached hydrogens (tertiary/aromatic N) is 3. The second kappa shape index (κ2) is 10.7. The maximum Gasteiger partial charge on any atom is 0.573 e. The lowest BCUT2D eigenvalue weighted by atomic mass is 10.1. The zero-order valence-electron chi connectivity index (χ0n) is 19.8. The Morgan fingerprint density at radius 3 is 2.26 bits per heavy atom. The summed E-state index contributed by atoms with van der Waals surface area (Å²) in [5.74, 6) is -0.233. The number of halogens is 3. The summed E-state index contributed by atoms with van der Waals surface area (Å²) in [6.07, 6.45) is -3.76. The summed E-state index contributed by atoms with van der Waals surface area (Å²) in [7, 11) is 0. The molecule has 0 amide bonds. The average molecular weight is 493 g/mol. The van der Waals surface area contributed by atoms with Crippen molar-refractivity contribution in [3.63, 3.8) is 0 Å². The molecule has 3 aromatic rings. The molecule has 0 N–H and O–H groups in total. The molecule has 1 atom stereocenters. The van der Waals surface area contributed by atoms with Crippen LogP contribution in [0.4, 0.5) is 13.2 Å². The maximum absolute atomic E-state index is 12.8. The molecule has 0 radical (unpaired) electrons. The van der Waals surface area contributed by atoms with Crippen LogP contribution in [0.3, 0.4) is 0 Å². The predicted octanol–water partition coefficient (Wildman–Crippen LogP) is 4.32. The normalized spacial score (nSPS) is 12.3. The summed E-state index contributed by atoms with van der Waals surface area (Å²) >= 11 is 0. The van der Waals surface area contributed by atoms with Crippen molar-refractivity contribution in [1.82, 2.24) is 14.3 Å². The first-order chi connectivity index (χ1) is 16.5. The first kappa shape index (κ1) is 25.9. The zero-order valence-corrected chi connectivity index (χ0v) is 19.8. The van der Waals surface area contributed by atoms with Crippen molar-refractivity contribution in [3.05, 3.63) is 69.9 Å². The number of alkyl halides is 3. The Kier molecular flexibility index (Phi) is 7.88. The van der Waals surface area contributed by atoms with Gasteiger partial charge in [-0.05, 0) is 68.1 Å². The van der Waals surface area contributed by atoms with Gasteiger partial charge in [-0.1, -0.05) is 19.1 Å². The van der Waals surface area contributed by atoms with Crippen molar-refractivity contribution in [2.24, 2.45) is 0 Å². The fraction of sp³-hybridized carbons (Fsp3) is 0.375. The van der Waals surface area contributed by atoms with E-state index in [1.807, 2.05) is 32.9 Å². The van der Waals surface area contributed by atoms with Crippen LogP contribution in [0.15, 0.2) is 47.5 Å². The third-order valence-electron chi connectivity index (χ3n) is 5.11. The van der Waals surface area contributed by atoms with Crippen LogP contribution in [0.5, 0.6) is 11.5 Å². The Hall–Kier alpha value is -3.76. The van der Waals surface area contributed by atoms with Crippen LogP contribution in [0.2, 0.25) is 0 Å². The number of aryl methyl sites for hydroxylation is 2. The van der Waals surface area contributed by atoms with Gasteiger partial charge >= 0.3 is 18.0 Å². The highest BCUT2D eigenvalue weighted by molar-refractivity contribution is 5.75. The van der Waals surface area contributed by atoms with Gasteiger partial charge in [0.1, 0.15) is 17.8 Å². The van der Waals surface area contributed by atoms with Gasteiger partial charge < -0.3 is 14.2 Å². The number of carbonyl (C=O) groups excluding carboxylic acids is 1. The summed E-state index contributed by atoms with van der Waals surface area (Å²) in [6.45, 7) is 7.68. The Balaban J connectivity index is 1.78. The Morgan fingerprint density at radius 2 is 1.71 bits per heavy atom. The Bertz CT molecular complexity index is 1210. The predicted molar refractivity (Wildman–Crippen MR) is 121 cm³/mol. The van der Waals surface area contributed by atoms with Crippen LogP contribution in [0, 0.1) is 13.8 Å². The number of hydrogen-bond acceptors (Lipinski definition) is 6. The number of carbonyl (C=O) groups is 1. The third-order valence-corrected chi connectivity index (χ3v) is 5.11. The van der Waals surface area contributed by atoms with E-state index in [4.69, 9.17) is 9.47 Å². The van der Waals surface area contributed by atoms with E-state index in [9.17, 15) is 22.8 Å². The Labute approximate surface area is 199 Å². The van der Waals surface area contributed by atoms with Crippen LogP contribution in [0.25, 0.3) is 5.69 Å². The number of hydrogen-bond donors (Lipinski definition) is 0. The van der Waals surface area contributed by atoms with Crippen molar-refractivity contribution < 1.29 is 32.2 Å². The minimum absolute atomic E-state index is 0.165. The molecule has 0 aliphatic heterocycles. The van der Waals surface area contributed by atoms with Gasteiger partial charge in [-0.2, -0.15) is 5.10 Å². The number of benzene rings is 2. The molecule has 2 aromatic carbocycles. The van der Waals surface area contributed by atoms with Gasteiger partial charge in [-0.15, -0.1) is 13.2 Å². The van der Waals surface area contributed by atoms with Crippen LogP contribution in [0.1, 0.15) is 37.0 Å². The molecule has 0 saturated heterocycles. The number of esters is 1. The lowest BCUT2D eigenvalue weighted by molar-refractivity contribution is -0.274. The van der Waals surface area contributed by atoms with E-state index in [-0.39, 0.29) is 18.9 Å². The molecule has 0 saturated carbocycles. The van der Waals surface area contributed by atoms with Crippen molar-refractivity contribution in [2.75, 3.05) is 6.61 Å². The molecule has 11 heteroatoms. The SMILES string of the molecule is CCOC(=O)C(CC)Oc1c(C)cc(Cn2ncn(-c3ccc(OC(F)(F)F)cc3)c2=O)cc1C. The number of aromatic nitrogens is 3. The Morgan fingerprint density at radius 1 is 1.09 bits per heavy atom. The minimum atomic E-state index is -4.80. The molecule has 3 rings (SSSR count). The standard InChI is InChI=1S/C24H26F3N3O5/c1-5-20(22(31)33-6-2)34-21-15(3)11-17(12-16(21)4)13-30-23(32)29(14-28-30)18-7-9-19(10-8-18)35-24(25,26)27/h7-12,14,20H,5-6,13H2,1-4H3.